The lowest BCUT2D eigenvalue weighted by Gasteiger charge is -2.37. The second-order valence-corrected chi connectivity index (χ2v) is 7.43. The maximum absolute atomic E-state index is 5.30. The molecule has 0 amide bonds. The Morgan fingerprint density at radius 3 is 2.26 bits per heavy atom. The van der Waals surface area contributed by atoms with E-state index in [-0.39, 0.29) is 0 Å². The maximum atomic E-state index is 5.30. The number of rotatable bonds is 7. The van der Waals surface area contributed by atoms with Crippen molar-refractivity contribution in [1.29, 1.82) is 0 Å². The molecule has 0 heterocycles. The summed E-state index contributed by atoms with van der Waals surface area (Å²) in [4.78, 5) is 0. The van der Waals surface area contributed by atoms with Crippen LogP contribution in [-0.2, 0) is 4.74 Å². The Hall–Kier alpha value is -0.0800. The second kappa shape index (κ2) is 8.26. The predicted octanol–water partition coefficient (Wildman–Crippen LogP) is 4.24. The monoisotopic (exact) mass is 269 g/mol. The largest absolute Gasteiger partial charge is 0.383 e. The number of nitrogens with one attached hydrogen (secondary N) is 1. The topological polar surface area (TPSA) is 21.3 Å². The molecule has 0 saturated heterocycles. The molecule has 0 aliphatic heterocycles. The van der Waals surface area contributed by atoms with Crippen molar-refractivity contribution >= 4 is 0 Å². The van der Waals surface area contributed by atoms with Crippen LogP contribution in [0.5, 0.6) is 0 Å². The van der Waals surface area contributed by atoms with Crippen LogP contribution in [0.15, 0.2) is 0 Å². The third-order valence-corrected chi connectivity index (χ3v) is 4.77. The molecule has 1 aliphatic carbocycles. The molecule has 0 aromatic carbocycles. The highest BCUT2D eigenvalue weighted by Crippen LogP contribution is 2.39. The summed E-state index contributed by atoms with van der Waals surface area (Å²) in [7, 11) is 1.80. The van der Waals surface area contributed by atoms with Crippen molar-refractivity contribution in [3.8, 4) is 0 Å². The molecule has 1 N–H and O–H groups in total. The lowest BCUT2D eigenvalue weighted by molar-refractivity contribution is 0.135. The van der Waals surface area contributed by atoms with Gasteiger partial charge in [-0.25, -0.2) is 0 Å². The Kier molecular flexibility index (Phi) is 7.38. The summed E-state index contributed by atoms with van der Waals surface area (Å²) in [6, 6.07) is 0.551. The summed E-state index contributed by atoms with van der Waals surface area (Å²) in [5, 5.41) is 3.72. The first-order valence-electron chi connectivity index (χ1n) is 8.19. The first-order chi connectivity index (χ1) is 8.97. The van der Waals surface area contributed by atoms with Gasteiger partial charge >= 0.3 is 0 Å². The van der Waals surface area contributed by atoms with Gasteiger partial charge in [-0.1, -0.05) is 34.1 Å². The Balaban J connectivity index is 2.25. The molecule has 0 radical (unpaired) electrons. The molecule has 1 unspecified atom stereocenters. The Morgan fingerprint density at radius 2 is 1.79 bits per heavy atom. The molecule has 1 aliphatic rings. The number of hydrogen-bond donors (Lipinski definition) is 1. The van der Waals surface area contributed by atoms with Gasteiger partial charge in [-0.2, -0.15) is 0 Å². The summed E-state index contributed by atoms with van der Waals surface area (Å²) in [6.45, 7) is 11.5. The minimum atomic E-state index is 0.499. The number of hydrogen-bond acceptors (Lipinski definition) is 2. The molecule has 1 rings (SSSR count). The van der Waals surface area contributed by atoms with Crippen LogP contribution < -0.4 is 5.32 Å². The van der Waals surface area contributed by atoms with Crippen molar-refractivity contribution < 1.29 is 4.74 Å². The Labute approximate surface area is 120 Å². The maximum Gasteiger partial charge on any atom is 0.0615 e. The highest BCUT2D eigenvalue weighted by atomic mass is 16.5. The molecule has 0 aromatic rings. The fourth-order valence-electron chi connectivity index (χ4n) is 3.36. The van der Waals surface area contributed by atoms with Crippen LogP contribution in [0.2, 0.25) is 0 Å². The van der Waals surface area contributed by atoms with Crippen molar-refractivity contribution in [2.24, 2.45) is 17.3 Å². The van der Waals surface area contributed by atoms with E-state index in [9.17, 15) is 0 Å². The van der Waals surface area contributed by atoms with E-state index in [0.29, 0.717) is 11.5 Å². The SMILES string of the molecule is CCCC(COC)NCC1CCC(C(C)(C)C)CC1. The Bertz CT molecular complexity index is 220. The quantitative estimate of drug-likeness (QED) is 0.746. The molecule has 0 bridgehead atoms. The predicted molar refractivity (Wildman–Crippen MR) is 83.5 cm³/mol. The molecule has 1 fully saturated rings. The average Bonchev–Trinajstić information content (AvgIpc) is 2.36. The molecular formula is C17H35NO. The summed E-state index contributed by atoms with van der Waals surface area (Å²) in [5.74, 6) is 1.81. The zero-order chi connectivity index (χ0) is 14.3. The van der Waals surface area contributed by atoms with Crippen molar-refractivity contribution in [3.63, 3.8) is 0 Å². The third-order valence-electron chi connectivity index (χ3n) is 4.77. The highest BCUT2D eigenvalue weighted by molar-refractivity contribution is 4.82. The van der Waals surface area contributed by atoms with Gasteiger partial charge < -0.3 is 10.1 Å². The average molecular weight is 269 g/mol. The number of ether oxygens (including phenoxy) is 1. The smallest absolute Gasteiger partial charge is 0.0615 e. The summed E-state index contributed by atoms with van der Waals surface area (Å²) >= 11 is 0. The molecule has 1 atom stereocenters. The molecule has 1 saturated carbocycles. The van der Waals surface area contributed by atoms with Gasteiger partial charge in [0, 0.05) is 13.2 Å². The summed E-state index contributed by atoms with van der Waals surface area (Å²) < 4.78 is 5.30. The lowest BCUT2D eigenvalue weighted by Crippen LogP contribution is -2.38. The van der Waals surface area contributed by atoms with Crippen molar-refractivity contribution in [2.75, 3.05) is 20.3 Å². The van der Waals surface area contributed by atoms with E-state index in [0.717, 1.165) is 18.4 Å². The van der Waals surface area contributed by atoms with E-state index >= 15 is 0 Å². The third kappa shape index (κ3) is 6.27. The van der Waals surface area contributed by atoms with E-state index in [2.05, 4.69) is 33.0 Å². The van der Waals surface area contributed by atoms with E-state index in [1.165, 1.54) is 45.1 Å². The van der Waals surface area contributed by atoms with Crippen LogP contribution in [0, 0.1) is 17.3 Å². The van der Waals surface area contributed by atoms with E-state index in [1.807, 2.05) is 0 Å². The van der Waals surface area contributed by atoms with Crippen molar-refractivity contribution in [1.82, 2.24) is 5.32 Å². The van der Waals surface area contributed by atoms with Crippen LogP contribution in [0.25, 0.3) is 0 Å². The fraction of sp³-hybridized carbons (Fsp3) is 1.00. The summed E-state index contributed by atoms with van der Waals surface area (Å²) in [5.41, 5.74) is 0.499. The van der Waals surface area contributed by atoms with Crippen LogP contribution >= 0.6 is 0 Å². The number of methoxy groups -OCH3 is 1. The Morgan fingerprint density at radius 1 is 1.16 bits per heavy atom. The van der Waals surface area contributed by atoms with E-state index in [1.54, 1.807) is 7.11 Å². The minimum Gasteiger partial charge on any atom is -0.383 e. The second-order valence-electron chi connectivity index (χ2n) is 7.43. The van der Waals surface area contributed by atoms with Crippen LogP contribution in [0.3, 0.4) is 0 Å². The first-order valence-corrected chi connectivity index (χ1v) is 8.19. The van der Waals surface area contributed by atoms with Gasteiger partial charge in [0.2, 0.25) is 0 Å². The van der Waals surface area contributed by atoms with Gasteiger partial charge in [-0.3, -0.25) is 0 Å². The minimum absolute atomic E-state index is 0.499. The van der Waals surface area contributed by atoms with Crippen LogP contribution in [0.1, 0.15) is 66.2 Å². The van der Waals surface area contributed by atoms with Gasteiger partial charge in [0.1, 0.15) is 0 Å². The van der Waals surface area contributed by atoms with Gasteiger partial charge in [-0.15, -0.1) is 0 Å². The van der Waals surface area contributed by atoms with Crippen molar-refractivity contribution in [2.45, 2.75) is 72.3 Å². The van der Waals surface area contributed by atoms with Gasteiger partial charge in [-0.05, 0) is 55.9 Å². The zero-order valence-electron chi connectivity index (χ0n) is 13.8. The molecule has 0 aromatic heterocycles. The molecule has 2 nitrogen and oxygen atoms in total. The van der Waals surface area contributed by atoms with Crippen LogP contribution in [0.4, 0.5) is 0 Å². The summed E-state index contributed by atoms with van der Waals surface area (Å²) in [6.07, 6.45) is 8.10. The molecule has 114 valence electrons. The lowest BCUT2D eigenvalue weighted by atomic mass is 9.70. The normalized spacial score (nSPS) is 26.4. The molecule has 2 heteroatoms. The highest BCUT2D eigenvalue weighted by Gasteiger charge is 2.29. The fourth-order valence-corrected chi connectivity index (χ4v) is 3.36. The van der Waals surface area contributed by atoms with E-state index < -0.39 is 0 Å². The standard InChI is InChI=1S/C17H35NO/c1-6-7-16(13-19-5)18-12-14-8-10-15(11-9-14)17(2,3)4/h14-16,18H,6-13H2,1-5H3. The zero-order valence-corrected chi connectivity index (χ0v) is 13.8. The van der Waals surface area contributed by atoms with Gasteiger partial charge in [0.05, 0.1) is 6.61 Å². The molecule has 19 heavy (non-hydrogen) atoms. The van der Waals surface area contributed by atoms with Crippen LogP contribution in [-0.4, -0.2) is 26.3 Å². The van der Waals surface area contributed by atoms with Gasteiger partial charge in [0.15, 0.2) is 0 Å². The van der Waals surface area contributed by atoms with Crippen molar-refractivity contribution in [3.05, 3.63) is 0 Å². The molecule has 0 spiro atoms. The van der Waals surface area contributed by atoms with Gasteiger partial charge in [0.25, 0.3) is 0 Å². The first kappa shape index (κ1) is 17.0. The van der Waals surface area contributed by atoms with E-state index in [4.69, 9.17) is 4.74 Å². The molecular weight excluding hydrogens is 234 g/mol.